The van der Waals surface area contributed by atoms with E-state index in [1.54, 1.807) is 36.4 Å². The maximum Gasteiger partial charge on any atom is 0.243 e. The summed E-state index contributed by atoms with van der Waals surface area (Å²) in [7, 11) is -3.71. The first-order chi connectivity index (χ1) is 12.1. The maximum absolute atomic E-state index is 12.5. The zero-order chi connectivity index (χ0) is 19.5. The van der Waals surface area contributed by atoms with Crippen molar-refractivity contribution >= 4 is 56.4 Å². The van der Waals surface area contributed by atoms with E-state index < -0.39 is 22.0 Å². The third-order valence-electron chi connectivity index (χ3n) is 3.62. The van der Waals surface area contributed by atoms with Gasteiger partial charge in [0.15, 0.2) is 0 Å². The molecule has 26 heavy (non-hydrogen) atoms. The largest absolute Gasteiger partial charge is 0.350 e. The van der Waals surface area contributed by atoms with E-state index in [2.05, 4.69) is 5.32 Å². The number of sulfonamides is 1. The first-order valence-electron chi connectivity index (χ1n) is 7.56. The highest BCUT2D eigenvalue weighted by Gasteiger charge is 2.29. The van der Waals surface area contributed by atoms with E-state index in [1.165, 1.54) is 13.0 Å². The second-order valence-corrected chi connectivity index (χ2v) is 8.81. The molecule has 1 atom stereocenters. The van der Waals surface area contributed by atoms with Crippen molar-refractivity contribution in [1.29, 1.82) is 0 Å². The molecule has 0 radical (unpaired) electrons. The Labute approximate surface area is 167 Å². The lowest BCUT2D eigenvalue weighted by Gasteiger charge is -2.28. The van der Waals surface area contributed by atoms with Gasteiger partial charge < -0.3 is 5.32 Å². The second kappa shape index (κ2) is 8.48. The highest BCUT2D eigenvalue weighted by molar-refractivity contribution is 7.92. The molecule has 1 amide bonds. The molecular weight excluding hydrogens is 419 g/mol. The number of rotatable bonds is 6. The fraction of sp³-hybridized carbons (Fsp3) is 0.235. The van der Waals surface area contributed by atoms with Crippen LogP contribution in [0.15, 0.2) is 42.5 Å². The van der Waals surface area contributed by atoms with Gasteiger partial charge in [-0.3, -0.25) is 9.10 Å². The summed E-state index contributed by atoms with van der Waals surface area (Å²) < 4.78 is 25.5. The van der Waals surface area contributed by atoms with Crippen LogP contribution in [0.25, 0.3) is 0 Å². The van der Waals surface area contributed by atoms with Crippen molar-refractivity contribution in [3.8, 4) is 0 Å². The molecular formula is C17H17Cl3N2O3S. The molecule has 0 saturated heterocycles. The van der Waals surface area contributed by atoms with E-state index in [4.69, 9.17) is 34.8 Å². The highest BCUT2D eigenvalue weighted by Crippen LogP contribution is 2.24. The predicted molar refractivity (Wildman–Crippen MR) is 107 cm³/mol. The molecule has 2 aromatic carbocycles. The van der Waals surface area contributed by atoms with Gasteiger partial charge in [0.05, 0.1) is 11.9 Å². The smallest absolute Gasteiger partial charge is 0.243 e. The van der Waals surface area contributed by atoms with Crippen molar-refractivity contribution in [2.24, 2.45) is 0 Å². The van der Waals surface area contributed by atoms with Gasteiger partial charge >= 0.3 is 0 Å². The Hall–Kier alpha value is -1.47. The topological polar surface area (TPSA) is 66.5 Å². The predicted octanol–water partition coefficient (Wildman–Crippen LogP) is 4.12. The van der Waals surface area contributed by atoms with Gasteiger partial charge in [0, 0.05) is 21.6 Å². The van der Waals surface area contributed by atoms with Crippen LogP contribution in [-0.4, -0.2) is 26.6 Å². The van der Waals surface area contributed by atoms with Crippen molar-refractivity contribution in [2.75, 3.05) is 10.6 Å². The summed E-state index contributed by atoms with van der Waals surface area (Å²) in [4.78, 5) is 12.5. The molecule has 5 nitrogen and oxygen atoms in total. The highest BCUT2D eigenvalue weighted by atomic mass is 35.5. The average Bonchev–Trinajstić information content (AvgIpc) is 2.52. The first kappa shape index (κ1) is 20.8. The number of carbonyl (C=O) groups is 1. The number of nitrogens with zero attached hydrogens (tertiary/aromatic N) is 1. The summed E-state index contributed by atoms with van der Waals surface area (Å²) in [6, 6.07) is 10.3. The van der Waals surface area contributed by atoms with Gasteiger partial charge in [-0.25, -0.2) is 8.42 Å². The number of hydrogen-bond acceptors (Lipinski definition) is 3. The van der Waals surface area contributed by atoms with Gasteiger partial charge in [-0.2, -0.15) is 0 Å². The Morgan fingerprint density at radius 2 is 1.77 bits per heavy atom. The Morgan fingerprint density at radius 1 is 1.12 bits per heavy atom. The van der Waals surface area contributed by atoms with E-state index >= 15 is 0 Å². The molecule has 2 rings (SSSR count). The molecule has 0 aliphatic carbocycles. The molecule has 0 spiro atoms. The van der Waals surface area contributed by atoms with Gasteiger partial charge in [-0.05, 0) is 42.8 Å². The molecule has 0 aromatic heterocycles. The normalized spacial score (nSPS) is 12.5. The van der Waals surface area contributed by atoms with Crippen molar-refractivity contribution in [3.63, 3.8) is 0 Å². The molecule has 0 aliphatic heterocycles. The minimum Gasteiger partial charge on any atom is -0.350 e. The molecule has 0 bridgehead atoms. The lowest BCUT2D eigenvalue weighted by Crippen LogP contribution is -2.47. The number of amides is 1. The Morgan fingerprint density at radius 3 is 2.35 bits per heavy atom. The number of anilines is 1. The number of benzene rings is 2. The maximum atomic E-state index is 12.5. The Kier molecular flexibility index (Phi) is 6.80. The summed E-state index contributed by atoms with van der Waals surface area (Å²) in [5.74, 6) is -0.471. The van der Waals surface area contributed by atoms with Crippen LogP contribution in [-0.2, 0) is 21.4 Å². The quantitative estimate of drug-likeness (QED) is 0.742. The molecule has 0 fully saturated rings. The van der Waals surface area contributed by atoms with Crippen LogP contribution >= 0.6 is 34.8 Å². The van der Waals surface area contributed by atoms with Crippen LogP contribution in [0.3, 0.4) is 0 Å². The molecule has 0 heterocycles. The van der Waals surface area contributed by atoms with Crippen LogP contribution in [0.1, 0.15) is 12.5 Å². The van der Waals surface area contributed by atoms with Crippen molar-refractivity contribution < 1.29 is 13.2 Å². The third kappa shape index (κ3) is 5.27. The molecule has 140 valence electrons. The molecule has 0 saturated carbocycles. The minimum absolute atomic E-state index is 0.145. The number of halogens is 3. The lowest BCUT2D eigenvalue weighted by molar-refractivity contribution is -0.122. The zero-order valence-corrected chi connectivity index (χ0v) is 17.1. The minimum atomic E-state index is -3.71. The third-order valence-corrected chi connectivity index (χ3v) is 5.68. The van der Waals surface area contributed by atoms with E-state index in [9.17, 15) is 13.2 Å². The Balaban J connectivity index is 2.20. The van der Waals surface area contributed by atoms with Crippen molar-refractivity contribution in [2.45, 2.75) is 19.5 Å². The summed E-state index contributed by atoms with van der Waals surface area (Å²) in [5.41, 5.74) is 0.984. The summed E-state index contributed by atoms with van der Waals surface area (Å²) in [6.45, 7) is 1.65. The molecule has 2 aromatic rings. The standard InChI is InChI=1S/C17H17Cl3N2O3S/c1-11(17(23)21-10-12-6-7-14(19)9-16(12)20)22(26(2,24)25)15-5-3-4-13(18)8-15/h3-9,11H,10H2,1-2H3,(H,21,23). The van der Waals surface area contributed by atoms with Crippen LogP contribution in [0.2, 0.25) is 15.1 Å². The Bertz CT molecular complexity index is 919. The van der Waals surface area contributed by atoms with E-state index in [1.807, 2.05) is 0 Å². The van der Waals surface area contributed by atoms with Crippen molar-refractivity contribution in [1.82, 2.24) is 5.32 Å². The SMILES string of the molecule is CC(C(=O)NCc1ccc(Cl)cc1Cl)N(c1cccc(Cl)c1)S(C)(=O)=O. The van der Waals surface area contributed by atoms with E-state index in [0.29, 0.717) is 26.3 Å². The zero-order valence-electron chi connectivity index (χ0n) is 14.0. The second-order valence-electron chi connectivity index (χ2n) is 5.67. The van der Waals surface area contributed by atoms with E-state index in [0.717, 1.165) is 10.6 Å². The number of hydrogen-bond donors (Lipinski definition) is 1. The summed E-state index contributed by atoms with van der Waals surface area (Å²) >= 11 is 17.9. The number of nitrogens with one attached hydrogen (secondary N) is 1. The molecule has 0 aliphatic rings. The van der Waals surface area contributed by atoms with Gasteiger partial charge in [0.2, 0.25) is 15.9 Å². The fourth-order valence-electron chi connectivity index (χ4n) is 2.42. The average molecular weight is 436 g/mol. The summed E-state index contributed by atoms with van der Waals surface area (Å²) in [5, 5.41) is 3.97. The van der Waals surface area contributed by atoms with Gasteiger partial charge in [-0.15, -0.1) is 0 Å². The van der Waals surface area contributed by atoms with Crippen molar-refractivity contribution in [3.05, 3.63) is 63.1 Å². The van der Waals surface area contributed by atoms with Crippen LogP contribution in [0.4, 0.5) is 5.69 Å². The summed E-state index contributed by atoms with van der Waals surface area (Å²) in [6.07, 6.45) is 1.04. The molecule has 9 heteroatoms. The molecule has 1 unspecified atom stereocenters. The van der Waals surface area contributed by atoms with Gasteiger partial charge in [0.1, 0.15) is 6.04 Å². The van der Waals surface area contributed by atoms with E-state index in [-0.39, 0.29) is 6.54 Å². The number of carbonyl (C=O) groups excluding carboxylic acids is 1. The fourth-order valence-corrected chi connectivity index (χ4v) is 4.24. The van der Waals surface area contributed by atoms with Gasteiger partial charge in [0.25, 0.3) is 0 Å². The monoisotopic (exact) mass is 434 g/mol. The van der Waals surface area contributed by atoms with Crippen LogP contribution in [0, 0.1) is 0 Å². The van der Waals surface area contributed by atoms with Gasteiger partial charge in [-0.1, -0.05) is 46.9 Å². The molecule has 1 N–H and O–H groups in total. The lowest BCUT2D eigenvalue weighted by atomic mass is 10.2. The first-order valence-corrected chi connectivity index (χ1v) is 10.5. The van der Waals surface area contributed by atoms with Crippen LogP contribution < -0.4 is 9.62 Å². The van der Waals surface area contributed by atoms with Crippen LogP contribution in [0.5, 0.6) is 0 Å².